The SMILES string of the molecule is CCc1sc(NC(=O)C(N)C2CCOCC2)nc1-c1ccccc1.Cl. The first kappa shape index (κ1) is 19.8. The summed E-state index contributed by atoms with van der Waals surface area (Å²) in [5.41, 5.74) is 8.15. The second kappa shape index (κ2) is 9.29. The van der Waals surface area contributed by atoms with Gasteiger partial charge in [0.2, 0.25) is 5.91 Å². The molecular weight excluding hydrogens is 358 g/mol. The zero-order valence-electron chi connectivity index (χ0n) is 14.2. The average Bonchev–Trinajstić information content (AvgIpc) is 3.05. The molecule has 2 heterocycles. The van der Waals surface area contributed by atoms with Crippen LogP contribution in [0.4, 0.5) is 5.13 Å². The van der Waals surface area contributed by atoms with Crippen molar-refractivity contribution in [3.8, 4) is 11.3 Å². The molecule has 2 aromatic rings. The molecular formula is C18H24ClN3O2S. The molecule has 1 atom stereocenters. The van der Waals surface area contributed by atoms with Gasteiger partial charge in [-0.3, -0.25) is 4.79 Å². The van der Waals surface area contributed by atoms with Crippen molar-refractivity contribution in [2.24, 2.45) is 11.7 Å². The van der Waals surface area contributed by atoms with Crippen LogP contribution in [0.5, 0.6) is 0 Å². The quantitative estimate of drug-likeness (QED) is 0.831. The van der Waals surface area contributed by atoms with Gasteiger partial charge >= 0.3 is 0 Å². The van der Waals surface area contributed by atoms with E-state index in [1.165, 1.54) is 11.3 Å². The number of nitrogens with two attached hydrogens (primary N) is 1. The molecule has 1 amide bonds. The minimum absolute atomic E-state index is 0. The first-order chi connectivity index (χ1) is 11.7. The summed E-state index contributed by atoms with van der Waals surface area (Å²) in [5.74, 6) is 0.0240. The molecule has 5 nitrogen and oxygen atoms in total. The molecule has 1 aliphatic heterocycles. The Morgan fingerprint density at radius 1 is 1.36 bits per heavy atom. The second-order valence-corrected chi connectivity index (χ2v) is 7.06. The highest BCUT2D eigenvalue weighted by atomic mass is 35.5. The third kappa shape index (κ3) is 4.79. The van der Waals surface area contributed by atoms with E-state index >= 15 is 0 Å². The number of aryl methyl sites for hydroxylation is 1. The van der Waals surface area contributed by atoms with Crippen molar-refractivity contribution in [3.63, 3.8) is 0 Å². The number of thiazole rings is 1. The van der Waals surface area contributed by atoms with Crippen molar-refractivity contribution in [1.82, 2.24) is 4.98 Å². The molecule has 1 unspecified atom stereocenters. The molecule has 0 bridgehead atoms. The Kier molecular flexibility index (Phi) is 7.38. The van der Waals surface area contributed by atoms with Gasteiger partial charge in [0, 0.05) is 23.7 Å². The number of ether oxygens (including phenoxy) is 1. The maximum absolute atomic E-state index is 12.4. The van der Waals surface area contributed by atoms with Crippen molar-refractivity contribution in [2.75, 3.05) is 18.5 Å². The summed E-state index contributed by atoms with van der Waals surface area (Å²) in [4.78, 5) is 18.2. The first-order valence-electron chi connectivity index (χ1n) is 8.38. The molecule has 1 aromatic heterocycles. The lowest BCUT2D eigenvalue weighted by Gasteiger charge is -2.26. The monoisotopic (exact) mass is 381 g/mol. The van der Waals surface area contributed by atoms with E-state index in [9.17, 15) is 4.79 Å². The Labute approximate surface area is 158 Å². The Morgan fingerprint density at radius 3 is 2.68 bits per heavy atom. The van der Waals surface area contributed by atoms with Crippen LogP contribution < -0.4 is 11.1 Å². The summed E-state index contributed by atoms with van der Waals surface area (Å²) < 4.78 is 5.33. The molecule has 3 rings (SSSR count). The molecule has 136 valence electrons. The standard InChI is InChI=1S/C18H23N3O2S.ClH/c1-2-14-16(13-6-4-3-5-7-13)20-18(24-14)21-17(22)15(19)12-8-10-23-11-9-12;/h3-7,12,15H,2,8-11,19H2,1H3,(H,20,21,22);1H. The Bertz CT molecular complexity index is 687. The molecule has 0 spiro atoms. The van der Waals surface area contributed by atoms with E-state index < -0.39 is 6.04 Å². The molecule has 0 radical (unpaired) electrons. The Balaban J connectivity index is 0.00000225. The van der Waals surface area contributed by atoms with E-state index in [1.807, 2.05) is 30.3 Å². The maximum Gasteiger partial charge on any atom is 0.243 e. The highest BCUT2D eigenvalue weighted by Crippen LogP contribution is 2.31. The van der Waals surface area contributed by atoms with Gasteiger partial charge in [-0.25, -0.2) is 4.98 Å². The average molecular weight is 382 g/mol. The molecule has 1 aromatic carbocycles. The number of benzene rings is 1. The largest absolute Gasteiger partial charge is 0.381 e. The number of halogens is 1. The van der Waals surface area contributed by atoms with Crippen LogP contribution in [0, 0.1) is 5.92 Å². The van der Waals surface area contributed by atoms with Crippen LogP contribution in [0.15, 0.2) is 30.3 Å². The van der Waals surface area contributed by atoms with Crippen molar-refractivity contribution >= 4 is 34.8 Å². The van der Waals surface area contributed by atoms with E-state index in [2.05, 4.69) is 17.2 Å². The summed E-state index contributed by atoms with van der Waals surface area (Å²) in [6, 6.07) is 9.53. The zero-order chi connectivity index (χ0) is 16.9. The molecule has 1 fully saturated rings. The van der Waals surface area contributed by atoms with Gasteiger partial charge in [-0.05, 0) is 25.2 Å². The van der Waals surface area contributed by atoms with Gasteiger partial charge in [-0.2, -0.15) is 0 Å². The molecule has 0 saturated carbocycles. The lowest BCUT2D eigenvalue weighted by Crippen LogP contribution is -2.43. The molecule has 1 saturated heterocycles. The normalized spacial score (nSPS) is 16.1. The van der Waals surface area contributed by atoms with Gasteiger partial charge in [-0.15, -0.1) is 23.7 Å². The summed E-state index contributed by atoms with van der Waals surface area (Å²) >= 11 is 1.52. The number of hydrogen-bond acceptors (Lipinski definition) is 5. The highest BCUT2D eigenvalue weighted by molar-refractivity contribution is 7.16. The lowest BCUT2D eigenvalue weighted by molar-refractivity contribution is -0.119. The van der Waals surface area contributed by atoms with Crippen molar-refractivity contribution in [1.29, 1.82) is 0 Å². The summed E-state index contributed by atoms with van der Waals surface area (Å²) in [6.45, 7) is 3.46. The van der Waals surface area contributed by atoms with Crippen LogP contribution in [0.2, 0.25) is 0 Å². The second-order valence-electron chi connectivity index (χ2n) is 5.98. The van der Waals surface area contributed by atoms with Gasteiger partial charge < -0.3 is 15.8 Å². The number of aromatic nitrogens is 1. The predicted octanol–water partition coefficient (Wildman–Crippen LogP) is 3.49. The van der Waals surface area contributed by atoms with Gasteiger partial charge in [0.25, 0.3) is 0 Å². The van der Waals surface area contributed by atoms with Gasteiger partial charge in [0.05, 0.1) is 11.7 Å². The third-order valence-electron chi connectivity index (χ3n) is 4.37. The van der Waals surface area contributed by atoms with E-state index in [4.69, 9.17) is 10.5 Å². The van der Waals surface area contributed by atoms with Crippen LogP contribution in [-0.2, 0) is 16.0 Å². The highest BCUT2D eigenvalue weighted by Gasteiger charge is 2.27. The fourth-order valence-electron chi connectivity index (χ4n) is 2.94. The molecule has 0 aliphatic carbocycles. The van der Waals surface area contributed by atoms with E-state index in [-0.39, 0.29) is 24.2 Å². The van der Waals surface area contributed by atoms with Crippen LogP contribution in [0.25, 0.3) is 11.3 Å². The predicted molar refractivity (Wildman–Crippen MR) is 104 cm³/mol. The number of hydrogen-bond donors (Lipinski definition) is 2. The smallest absolute Gasteiger partial charge is 0.243 e. The molecule has 1 aliphatic rings. The van der Waals surface area contributed by atoms with Crippen molar-refractivity contribution in [3.05, 3.63) is 35.2 Å². The minimum Gasteiger partial charge on any atom is -0.381 e. The fourth-order valence-corrected chi connectivity index (χ4v) is 3.87. The van der Waals surface area contributed by atoms with Crippen molar-refractivity contribution in [2.45, 2.75) is 32.2 Å². The van der Waals surface area contributed by atoms with Crippen LogP contribution >= 0.6 is 23.7 Å². The number of nitrogens with one attached hydrogen (secondary N) is 1. The number of nitrogens with zero attached hydrogens (tertiary/aromatic N) is 1. The Morgan fingerprint density at radius 2 is 2.04 bits per heavy atom. The third-order valence-corrected chi connectivity index (χ3v) is 5.49. The van der Waals surface area contributed by atoms with Gasteiger partial charge in [-0.1, -0.05) is 37.3 Å². The van der Waals surface area contributed by atoms with Gasteiger partial charge in [0.15, 0.2) is 5.13 Å². The maximum atomic E-state index is 12.4. The number of anilines is 1. The number of carbonyl (C=O) groups is 1. The van der Waals surface area contributed by atoms with Gasteiger partial charge in [0.1, 0.15) is 0 Å². The molecule has 25 heavy (non-hydrogen) atoms. The lowest BCUT2D eigenvalue weighted by atomic mass is 9.92. The van der Waals surface area contributed by atoms with Crippen molar-refractivity contribution < 1.29 is 9.53 Å². The number of rotatable bonds is 5. The fraction of sp³-hybridized carbons (Fsp3) is 0.444. The topological polar surface area (TPSA) is 77.2 Å². The summed E-state index contributed by atoms with van der Waals surface area (Å²) in [7, 11) is 0. The Hall–Kier alpha value is -1.47. The molecule has 3 N–H and O–H groups in total. The summed E-state index contributed by atoms with van der Waals surface area (Å²) in [6.07, 6.45) is 2.55. The van der Waals surface area contributed by atoms with Crippen LogP contribution in [0.3, 0.4) is 0 Å². The first-order valence-corrected chi connectivity index (χ1v) is 9.20. The molecule has 7 heteroatoms. The minimum atomic E-state index is -0.511. The van der Waals surface area contributed by atoms with E-state index in [0.29, 0.717) is 18.3 Å². The number of amides is 1. The van der Waals surface area contributed by atoms with Crippen LogP contribution in [-0.4, -0.2) is 30.1 Å². The summed E-state index contributed by atoms with van der Waals surface area (Å²) in [5, 5.41) is 3.53. The zero-order valence-corrected chi connectivity index (χ0v) is 15.9. The van der Waals surface area contributed by atoms with E-state index in [0.717, 1.165) is 35.4 Å². The number of carbonyl (C=O) groups excluding carboxylic acids is 1. The van der Waals surface area contributed by atoms with Crippen LogP contribution in [0.1, 0.15) is 24.6 Å². The van der Waals surface area contributed by atoms with E-state index in [1.54, 1.807) is 0 Å².